The van der Waals surface area contributed by atoms with Crippen molar-refractivity contribution >= 4 is 5.70 Å². The van der Waals surface area contributed by atoms with Crippen molar-refractivity contribution in [2.24, 2.45) is 5.73 Å². The third kappa shape index (κ3) is 2.09. The minimum atomic E-state index is 0.558. The predicted molar refractivity (Wildman–Crippen MR) is 53.6 cm³/mol. The van der Waals surface area contributed by atoms with Crippen LogP contribution in [0.3, 0.4) is 0 Å². The molecule has 1 aromatic carbocycles. The largest absolute Gasteiger partial charge is 0.397 e. The molecule has 0 aliphatic rings. The summed E-state index contributed by atoms with van der Waals surface area (Å²) in [6, 6.07) is 9.83. The standard InChI is InChI=1S/C11H12N2/c1-8-3-5-10(6-4-8)11(13)9(2)7-12/h3-6H,13H2,1-2H3. The van der Waals surface area contributed by atoms with Gasteiger partial charge in [0.2, 0.25) is 0 Å². The average molecular weight is 172 g/mol. The van der Waals surface area contributed by atoms with Gasteiger partial charge in [-0.2, -0.15) is 5.26 Å². The number of hydrogen-bond acceptors (Lipinski definition) is 2. The lowest BCUT2D eigenvalue weighted by Gasteiger charge is -2.02. The van der Waals surface area contributed by atoms with E-state index in [0.29, 0.717) is 11.3 Å². The highest BCUT2D eigenvalue weighted by Crippen LogP contribution is 2.13. The van der Waals surface area contributed by atoms with Crippen LogP contribution in [0.15, 0.2) is 29.8 Å². The van der Waals surface area contributed by atoms with Gasteiger partial charge in [-0.25, -0.2) is 0 Å². The van der Waals surface area contributed by atoms with Crippen LogP contribution in [0.5, 0.6) is 0 Å². The topological polar surface area (TPSA) is 49.8 Å². The molecule has 0 unspecified atom stereocenters. The van der Waals surface area contributed by atoms with E-state index in [1.807, 2.05) is 37.3 Å². The third-order valence-corrected chi connectivity index (χ3v) is 1.93. The normalized spacial score (nSPS) is 11.8. The van der Waals surface area contributed by atoms with Crippen molar-refractivity contribution in [1.29, 1.82) is 5.26 Å². The number of rotatable bonds is 1. The van der Waals surface area contributed by atoms with Crippen molar-refractivity contribution in [2.45, 2.75) is 13.8 Å². The first-order chi connectivity index (χ1) is 6.15. The summed E-state index contributed by atoms with van der Waals surface area (Å²) < 4.78 is 0. The van der Waals surface area contributed by atoms with Gasteiger partial charge in [0.1, 0.15) is 0 Å². The number of nitrogens with zero attached hydrogens (tertiary/aromatic N) is 1. The lowest BCUT2D eigenvalue weighted by atomic mass is 10.1. The summed E-state index contributed by atoms with van der Waals surface area (Å²) in [5.74, 6) is 0. The molecular formula is C11H12N2. The maximum atomic E-state index is 8.63. The second kappa shape index (κ2) is 3.77. The molecule has 0 fully saturated rings. The summed E-state index contributed by atoms with van der Waals surface area (Å²) in [5.41, 5.74) is 8.97. The van der Waals surface area contributed by atoms with Crippen molar-refractivity contribution in [3.05, 3.63) is 41.0 Å². The third-order valence-electron chi connectivity index (χ3n) is 1.93. The molecule has 0 saturated carbocycles. The fourth-order valence-corrected chi connectivity index (χ4v) is 1.01. The monoisotopic (exact) mass is 172 g/mol. The molecule has 13 heavy (non-hydrogen) atoms. The first kappa shape index (κ1) is 9.34. The highest BCUT2D eigenvalue weighted by Gasteiger charge is 1.99. The van der Waals surface area contributed by atoms with Gasteiger partial charge in [-0.15, -0.1) is 0 Å². The summed E-state index contributed by atoms with van der Waals surface area (Å²) in [5, 5.41) is 8.63. The molecule has 0 heterocycles. The lowest BCUT2D eigenvalue weighted by Crippen LogP contribution is -1.98. The van der Waals surface area contributed by atoms with Gasteiger partial charge < -0.3 is 5.73 Å². The second-order valence-electron chi connectivity index (χ2n) is 3.02. The summed E-state index contributed by atoms with van der Waals surface area (Å²) in [4.78, 5) is 0. The zero-order valence-corrected chi connectivity index (χ0v) is 7.83. The molecule has 0 bridgehead atoms. The molecule has 0 radical (unpaired) electrons. The van der Waals surface area contributed by atoms with E-state index in [-0.39, 0.29) is 0 Å². The van der Waals surface area contributed by atoms with Crippen LogP contribution in [-0.4, -0.2) is 0 Å². The van der Waals surface area contributed by atoms with E-state index in [4.69, 9.17) is 11.0 Å². The minimum absolute atomic E-state index is 0.558. The van der Waals surface area contributed by atoms with Crippen LogP contribution in [0.4, 0.5) is 0 Å². The maximum absolute atomic E-state index is 8.63. The first-order valence-electron chi connectivity index (χ1n) is 4.08. The van der Waals surface area contributed by atoms with Gasteiger partial charge in [0, 0.05) is 5.57 Å². The van der Waals surface area contributed by atoms with E-state index < -0.39 is 0 Å². The molecular weight excluding hydrogens is 160 g/mol. The Morgan fingerprint density at radius 1 is 1.31 bits per heavy atom. The smallest absolute Gasteiger partial charge is 0.0965 e. The van der Waals surface area contributed by atoms with E-state index in [1.54, 1.807) is 6.92 Å². The first-order valence-corrected chi connectivity index (χ1v) is 4.08. The predicted octanol–water partition coefficient (Wildman–Crippen LogP) is 2.21. The van der Waals surface area contributed by atoms with Gasteiger partial charge >= 0.3 is 0 Å². The van der Waals surface area contributed by atoms with E-state index in [2.05, 4.69) is 0 Å². The van der Waals surface area contributed by atoms with Crippen molar-refractivity contribution in [2.75, 3.05) is 0 Å². The summed E-state index contributed by atoms with van der Waals surface area (Å²) in [6.45, 7) is 3.73. The fraction of sp³-hybridized carbons (Fsp3) is 0.182. The highest BCUT2D eigenvalue weighted by atomic mass is 14.6. The van der Waals surface area contributed by atoms with Gasteiger partial charge in [0.05, 0.1) is 11.8 Å². The van der Waals surface area contributed by atoms with Crippen molar-refractivity contribution in [3.8, 4) is 6.07 Å². The van der Waals surface area contributed by atoms with Gasteiger partial charge in [0.25, 0.3) is 0 Å². The van der Waals surface area contributed by atoms with Crippen LogP contribution < -0.4 is 5.73 Å². The Hall–Kier alpha value is -1.75. The zero-order chi connectivity index (χ0) is 9.84. The number of allylic oxidation sites excluding steroid dienone is 1. The van der Waals surface area contributed by atoms with Crippen LogP contribution >= 0.6 is 0 Å². The van der Waals surface area contributed by atoms with Gasteiger partial charge in [0.15, 0.2) is 0 Å². The van der Waals surface area contributed by atoms with E-state index >= 15 is 0 Å². The molecule has 1 rings (SSSR count). The molecule has 66 valence electrons. The van der Waals surface area contributed by atoms with E-state index in [1.165, 1.54) is 5.56 Å². The van der Waals surface area contributed by atoms with E-state index in [9.17, 15) is 0 Å². The summed E-state index contributed by atoms with van der Waals surface area (Å²) in [6.07, 6.45) is 0. The number of hydrogen-bond donors (Lipinski definition) is 1. The SMILES string of the molecule is CC(C#N)=C(N)c1ccc(C)cc1. The number of nitrogens with two attached hydrogens (primary N) is 1. The van der Waals surface area contributed by atoms with Crippen LogP contribution in [0.2, 0.25) is 0 Å². The Morgan fingerprint density at radius 3 is 2.31 bits per heavy atom. The molecule has 0 amide bonds. The fourth-order valence-electron chi connectivity index (χ4n) is 1.01. The molecule has 2 nitrogen and oxygen atoms in total. The Labute approximate surface area is 78.3 Å². The number of aryl methyl sites for hydroxylation is 1. The Balaban J connectivity index is 3.12. The number of benzene rings is 1. The van der Waals surface area contributed by atoms with Crippen molar-refractivity contribution < 1.29 is 0 Å². The molecule has 2 heteroatoms. The Morgan fingerprint density at radius 2 is 1.85 bits per heavy atom. The van der Waals surface area contributed by atoms with E-state index in [0.717, 1.165) is 5.56 Å². The Kier molecular flexibility index (Phi) is 2.71. The molecule has 0 aliphatic carbocycles. The molecule has 0 atom stereocenters. The summed E-state index contributed by atoms with van der Waals surface area (Å²) >= 11 is 0. The van der Waals surface area contributed by atoms with Crippen LogP contribution in [-0.2, 0) is 0 Å². The lowest BCUT2D eigenvalue weighted by molar-refractivity contribution is 1.38. The van der Waals surface area contributed by atoms with Gasteiger partial charge in [-0.3, -0.25) is 0 Å². The molecule has 1 aromatic rings. The van der Waals surface area contributed by atoms with Crippen LogP contribution in [0, 0.1) is 18.3 Å². The van der Waals surface area contributed by atoms with Crippen molar-refractivity contribution in [1.82, 2.24) is 0 Å². The van der Waals surface area contributed by atoms with Gasteiger partial charge in [-0.1, -0.05) is 29.8 Å². The van der Waals surface area contributed by atoms with Crippen LogP contribution in [0.25, 0.3) is 5.70 Å². The highest BCUT2D eigenvalue weighted by molar-refractivity contribution is 5.68. The Bertz CT molecular complexity index is 366. The minimum Gasteiger partial charge on any atom is -0.397 e. The molecule has 0 spiro atoms. The van der Waals surface area contributed by atoms with Crippen molar-refractivity contribution in [3.63, 3.8) is 0 Å². The summed E-state index contributed by atoms with van der Waals surface area (Å²) in [7, 11) is 0. The molecule has 0 aliphatic heterocycles. The quantitative estimate of drug-likeness (QED) is 0.660. The average Bonchev–Trinajstić information content (AvgIpc) is 2.17. The van der Waals surface area contributed by atoms with Crippen LogP contribution in [0.1, 0.15) is 18.1 Å². The molecule has 0 aromatic heterocycles. The molecule has 0 saturated heterocycles. The zero-order valence-electron chi connectivity index (χ0n) is 7.83. The molecule has 2 N–H and O–H groups in total. The second-order valence-corrected chi connectivity index (χ2v) is 3.02. The maximum Gasteiger partial charge on any atom is 0.0965 e. The van der Waals surface area contributed by atoms with Gasteiger partial charge in [-0.05, 0) is 19.4 Å². The number of nitriles is 1.